The summed E-state index contributed by atoms with van der Waals surface area (Å²) in [7, 11) is 0. The number of rotatable bonds is 2. The summed E-state index contributed by atoms with van der Waals surface area (Å²) >= 11 is 4.74. The molecule has 0 amide bonds. The summed E-state index contributed by atoms with van der Waals surface area (Å²) in [5.74, 6) is 0.521. The SMILES string of the molecule is O=c1[nH]cnc(Nc2ccsc2)c1Br. The summed E-state index contributed by atoms with van der Waals surface area (Å²) in [6, 6.07) is 1.92. The van der Waals surface area contributed by atoms with E-state index < -0.39 is 0 Å². The van der Waals surface area contributed by atoms with Crippen molar-refractivity contribution in [1.29, 1.82) is 0 Å². The van der Waals surface area contributed by atoms with Gasteiger partial charge in [0.25, 0.3) is 5.56 Å². The first-order valence-electron chi connectivity index (χ1n) is 3.80. The fourth-order valence-corrected chi connectivity index (χ4v) is 1.85. The molecule has 2 rings (SSSR count). The summed E-state index contributed by atoms with van der Waals surface area (Å²) in [6.07, 6.45) is 1.36. The van der Waals surface area contributed by atoms with Crippen LogP contribution in [-0.4, -0.2) is 9.97 Å². The molecule has 0 aliphatic rings. The van der Waals surface area contributed by atoms with Gasteiger partial charge in [0, 0.05) is 5.38 Å². The molecule has 2 aromatic heterocycles. The molecule has 0 saturated heterocycles. The van der Waals surface area contributed by atoms with Crippen LogP contribution in [0.3, 0.4) is 0 Å². The molecule has 72 valence electrons. The minimum Gasteiger partial charge on any atom is -0.338 e. The van der Waals surface area contributed by atoms with Gasteiger partial charge in [0.1, 0.15) is 4.47 Å². The van der Waals surface area contributed by atoms with E-state index in [-0.39, 0.29) is 5.56 Å². The smallest absolute Gasteiger partial charge is 0.267 e. The van der Waals surface area contributed by atoms with E-state index in [2.05, 4.69) is 31.2 Å². The van der Waals surface area contributed by atoms with E-state index in [0.29, 0.717) is 10.3 Å². The number of hydrogen-bond acceptors (Lipinski definition) is 4. The number of halogens is 1. The van der Waals surface area contributed by atoms with E-state index in [1.165, 1.54) is 6.33 Å². The van der Waals surface area contributed by atoms with Crippen LogP contribution in [0.2, 0.25) is 0 Å². The number of aromatic nitrogens is 2. The van der Waals surface area contributed by atoms with Crippen LogP contribution >= 0.6 is 27.3 Å². The first kappa shape index (κ1) is 9.42. The third-order valence-corrected chi connectivity index (χ3v) is 3.00. The monoisotopic (exact) mass is 271 g/mol. The number of hydrogen-bond donors (Lipinski definition) is 2. The molecule has 2 aromatic rings. The Morgan fingerprint density at radius 1 is 1.57 bits per heavy atom. The lowest BCUT2D eigenvalue weighted by molar-refractivity contribution is 1.10. The van der Waals surface area contributed by atoms with Gasteiger partial charge >= 0.3 is 0 Å². The first-order valence-corrected chi connectivity index (χ1v) is 5.53. The Morgan fingerprint density at radius 3 is 3.14 bits per heavy atom. The fourth-order valence-electron chi connectivity index (χ4n) is 0.942. The lowest BCUT2D eigenvalue weighted by atomic mass is 10.5. The number of nitrogens with zero attached hydrogens (tertiary/aromatic N) is 1. The number of thiophene rings is 1. The Balaban J connectivity index is 2.34. The van der Waals surface area contributed by atoms with E-state index in [4.69, 9.17) is 0 Å². The third-order valence-electron chi connectivity index (χ3n) is 1.58. The summed E-state index contributed by atoms with van der Waals surface area (Å²) in [5.41, 5.74) is 0.728. The van der Waals surface area contributed by atoms with Gasteiger partial charge in [-0.1, -0.05) is 0 Å². The lowest BCUT2D eigenvalue weighted by Crippen LogP contribution is -2.09. The minimum atomic E-state index is -0.197. The zero-order valence-electron chi connectivity index (χ0n) is 6.95. The predicted molar refractivity (Wildman–Crippen MR) is 60.2 cm³/mol. The van der Waals surface area contributed by atoms with Crippen LogP contribution < -0.4 is 10.9 Å². The van der Waals surface area contributed by atoms with E-state index in [9.17, 15) is 4.79 Å². The van der Waals surface area contributed by atoms with E-state index >= 15 is 0 Å². The normalized spacial score (nSPS) is 10.1. The fraction of sp³-hybridized carbons (Fsp3) is 0. The molecular formula is C8H6BrN3OS. The molecule has 6 heteroatoms. The Bertz CT molecular complexity index is 480. The van der Waals surface area contributed by atoms with Gasteiger partial charge in [-0.25, -0.2) is 4.98 Å². The van der Waals surface area contributed by atoms with Gasteiger partial charge in [0.15, 0.2) is 5.82 Å². The average molecular weight is 272 g/mol. The van der Waals surface area contributed by atoms with Crippen LogP contribution in [0, 0.1) is 0 Å². The molecular weight excluding hydrogens is 266 g/mol. The van der Waals surface area contributed by atoms with Gasteiger partial charge in [0.05, 0.1) is 12.0 Å². The highest BCUT2D eigenvalue weighted by molar-refractivity contribution is 9.10. The zero-order chi connectivity index (χ0) is 9.97. The molecule has 0 aromatic carbocycles. The standard InChI is InChI=1S/C8H6BrN3OS/c9-6-7(10-4-11-8(6)13)12-5-1-2-14-3-5/h1-4H,(H2,10,11,12,13). The Labute approximate surface area is 92.1 Å². The van der Waals surface area contributed by atoms with Crippen molar-refractivity contribution in [2.45, 2.75) is 0 Å². The van der Waals surface area contributed by atoms with E-state index in [1.807, 2.05) is 16.8 Å². The second-order valence-electron chi connectivity index (χ2n) is 2.53. The number of aromatic amines is 1. The highest BCUT2D eigenvalue weighted by Crippen LogP contribution is 2.21. The molecule has 14 heavy (non-hydrogen) atoms. The maximum absolute atomic E-state index is 11.2. The van der Waals surface area contributed by atoms with Crippen LogP contribution in [0.25, 0.3) is 0 Å². The van der Waals surface area contributed by atoms with Gasteiger partial charge in [-0.05, 0) is 27.4 Å². The van der Waals surface area contributed by atoms with Crippen LogP contribution in [0.5, 0.6) is 0 Å². The molecule has 0 bridgehead atoms. The van der Waals surface area contributed by atoms with Crippen molar-refractivity contribution in [2.24, 2.45) is 0 Å². The third kappa shape index (κ3) is 1.85. The molecule has 2 N–H and O–H groups in total. The Hall–Kier alpha value is -1.14. The van der Waals surface area contributed by atoms with Gasteiger partial charge in [-0.15, -0.1) is 0 Å². The second-order valence-corrected chi connectivity index (χ2v) is 4.10. The summed E-state index contributed by atoms with van der Waals surface area (Å²) in [4.78, 5) is 17.7. The predicted octanol–water partition coefficient (Wildman–Crippen LogP) is 2.34. The molecule has 0 saturated carbocycles. The van der Waals surface area contributed by atoms with Gasteiger partial charge in [-0.3, -0.25) is 4.79 Å². The van der Waals surface area contributed by atoms with Crippen LogP contribution in [-0.2, 0) is 0 Å². The van der Waals surface area contributed by atoms with Crippen molar-refractivity contribution >= 4 is 38.8 Å². The number of nitrogens with one attached hydrogen (secondary N) is 2. The summed E-state index contributed by atoms with van der Waals surface area (Å²) in [6.45, 7) is 0. The highest BCUT2D eigenvalue weighted by Gasteiger charge is 2.04. The molecule has 4 nitrogen and oxygen atoms in total. The Kier molecular flexibility index (Phi) is 2.64. The largest absolute Gasteiger partial charge is 0.338 e. The molecule has 0 aliphatic heterocycles. The zero-order valence-corrected chi connectivity index (χ0v) is 9.35. The van der Waals surface area contributed by atoms with Crippen molar-refractivity contribution < 1.29 is 0 Å². The summed E-state index contributed by atoms with van der Waals surface area (Å²) in [5, 5.41) is 6.91. The van der Waals surface area contributed by atoms with Gasteiger partial charge < -0.3 is 10.3 Å². The molecule has 0 aliphatic carbocycles. The van der Waals surface area contributed by atoms with Crippen molar-refractivity contribution in [3.8, 4) is 0 Å². The first-order chi connectivity index (χ1) is 6.77. The quantitative estimate of drug-likeness (QED) is 0.882. The van der Waals surface area contributed by atoms with E-state index in [0.717, 1.165) is 5.69 Å². The summed E-state index contributed by atoms with van der Waals surface area (Å²) < 4.78 is 0.409. The topological polar surface area (TPSA) is 57.8 Å². The number of H-pyrrole nitrogens is 1. The van der Waals surface area contributed by atoms with Gasteiger partial charge in [-0.2, -0.15) is 11.3 Å². The lowest BCUT2D eigenvalue weighted by Gasteiger charge is -2.03. The molecule has 2 heterocycles. The molecule has 0 radical (unpaired) electrons. The number of anilines is 2. The van der Waals surface area contributed by atoms with Gasteiger partial charge in [0.2, 0.25) is 0 Å². The molecule has 0 spiro atoms. The van der Waals surface area contributed by atoms with Crippen molar-refractivity contribution in [3.63, 3.8) is 0 Å². The molecule has 0 unspecified atom stereocenters. The van der Waals surface area contributed by atoms with Crippen molar-refractivity contribution in [3.05, 3.63) is 38.0 Å². The molecule has 0 fully saturated rings. The highest BCUT2D eigenvalue weighted by atomic mass is 79.9. The van der Waals surface area contributed by atoms with Crippen LogP contribution in [0.1, 0.15) is 0 Å². The maximum atomic E-state index is 11.2. The van der Waals surface area contributed by atoms with Crippen LogP contribution in [0.4, 0.5) is 11.5 Å². The maximum Gasteiger partial charge on any atom is 0.267 e. The van der Waals surface area contributed by atoms with Crippen LogP contribution in [0.15, 0.2) is 32.4 Å². The second kappa shape index (κ2) is 3.93. The Morgan fingerprint density at radius 2 is 2.43 bits per heavy atom. The van der Waals surface area contributed by atoms with Crippen molar-refractivity contribution in [1.82, 2.24) is 9.97 Å². The molecule has 0 atom stereocenters. The van der Waals surface area contributed by atoms with E-state index in [1.54, 1.807) is 11.3 Å². The average Bonchev–Trinajstić information content (AvgIpc) is 2.66. The minimum absolute atomic E-state index is 0.197. The van der Waals surface area contributed by atoms with Crippen molar-refractivity contribution in [2.75, 3.05) is 5.32 Å².